The van der Waals surface area contributed by atoms with Crippen molar-refractivity contribution in [1.82, 2.24) is 9.58 Å². The molecule has 1 atom stereocenters. The Labute approximate surface area is 179 Å². The van der Waals surface area contributed by atoms with Crippen molar-refractivity contribution in [2.75, 3.05) is 11.7 Å². The monoisotopic (exact) mass is 423 g/mol. The largest absolute Gasteiger partial charge is 0.502 e. The van der Waals surface area contributed by atoms with E-state index in [2.05, 4.69) is 0 Å². The van der Waals surface area contributed by atoms with E-state index >= 15 is 0 Å². The van der Waals surface area contributed by atoms with Crippen LogP contribution in [0, 0.1) is 0 Å². The maximum absolute atomic E-state index is 13.1. The SMILES string of the molecule is CC(C)N1CN(C(c2ccccc2)c2ccc(Cl)cc2)n2ccc(=O)c(O)c2C1=O. The molecule has 30 heavy (non-hydrogen) atoms. The molecule has 0 fully saturated rings. The standard InChI is InChI=1S/C23H22ClN3O3/c1-15(2)25-14-27(26-13-12-19(28)22(29)21(26)23(25)30)20(16-6-4-3-5-7-16)17-8-10-18(24)11-9-17/h3-13,15,20,29H,14H2,1-2H3. The number of carbonyl (C=O) groups excluding carboxylic acids is 1. The Morgan fingerprint density at radius 1 is 0.933 bits per heavy atom. The highest BCUT2D eigenvalue weighted by atomic mass is 35.5. The zero-order chi connectivity index (χ0) is 21.4. The van der Waals surface area contributed by atoms with E-state index in [1.807, 2.05) is 73.5 Å². The van der Waals surface area contributed by atoms with E-state index in [9.17, 15) is 14.7 Å². The molecule has 2 aromatic carbocycles. The van der Waals surface area contributed by atoms with Crippen LogP contribution in [0.1, 0.15) is 41.5 Å². The fraction of sp³-hybridized carbons (Fsp3) is 0.217. The summed E-state index contributed by atoms with van der Waals surface area (Å²) in [6.07, 6.45) is 1.54. The van der Waals surface area contributed by atoms with Crippen molar-refractivity contribution in [3.05, 3.63) is 98.9 Å². The van der Waals surface area contributed by atoms with Crippen LogP contribution in [0.15, 0.2) is 71.7 Å². The van der Waals surface area contributed by atoms with Crippen LogP contribution < -0.4 is 10.4 Å². The second-order valence-electron chi connectivity index (χ2n) is 7.54. The van der Waals surface area contributed by atoms with Gasteiger partial charge in [-0.15, -0.1) is 0 Å². The van der Waals surface area contributed by atoms with E-state index < -0.39 is 11.2 Å². The van der Waals surface area contributed by atoms with Gasteiger partial charge in [0.25, 0.3) is 5.91 Å². The van der Waals surface area contributed by atoms with E-state index in [0.29, 0.717) is 5.02 Å². The quantitative estimate of drug-likeness (QED) is 0.694. The number of nitrogens with zero attached hydrogens (tertiary/aromatic N) is 3. The molecular weight excluding hydrogens is 402 g/mol. The first kappa shape index (κ1) is 20.0. The molecule has 0 saturated heterocycles. The maximum atomic E-state index is 13.1. The Morgan fingerprint density at radius 2 is 1.57 bits per heavy atom. The molecule has 1 amide bonds. The molecule has 1 N–H and O–H groups in total. The molecule has 2 heterocycles. The molecule has 3 aromatic rings. The van der Waals surface area contributed by atoms with Crippen LogP contribution in [0.2, 0.25) is 5.02 Å². The van der Waals surface area contributed by atoms with E-state index in [-0.39, 0.29) is 30.4 Å². The third-order valence-electron chi connectivity index (χ3n) is 5.31. The molecule has 1 aliphatic heterocycles. The summed E-state index contributed by atoms with van der Waals surface area (Å²) in [5.74, 6) is -0.917. The molecule has 0 aliphatic carbocycles. The third-order valence-corrected chi connectivity index (χ3v) is 5.57. The van der Waals surface area contributed by atoms with Crippen LogP contribution in [0.25, 0.3) is 0 Å². The molecule has 154 valence electrons. The minimum absolute atomic E-state index is 0.0302. The van der Waals surface area contributed by atoms with Gasteiger partial charge in [0.15, 0.2) is 11.4 Å². The second-order valence-corrected chi connectivity index (χ2v) is 7.97. The molecule has 0 saturated carbocycles. The minimum Gasteiger partial charge on any atom is -0.502 e. The Hall–Kier alpha value is -3.25. The van der Waals surface area contributed by atoms with Gasteiger partial charge in [-0.3, -0.25) is 19.3 Å². The van der Waals surface area contributed by atoms with Crippen LogP contribution in [0.5, 0.6) is 5.75 Å². The van der Waals surface area contributed by atoms with Crippen molar-refractivity contribution < 1.29 is 9.90 Å². The zero-order valence-corrected chi connectivity index (χ0v) is 17.5. The maximum Gasteiger partial charge on any atom is 0.278 e. The molecule has 1 aliphatic rings. The number of benzene rings is 2. The third kappa shape index (κ3) is 3.44. The molecule has 7 heteroatoms. The van der Waals surface area contributed by atoms with Crippen molar-refractivity contribution in [3.63, 3.8) is 0 Å². The van der Waals surface area contributed by atoms with E-state index in [1.54, 1.807) is 15.8 Å². The van der Waals surface area contributed by atoms with Crippen LogP contribution in [0.4, 0.5) is 0 Å². The van der Waals surface area contributed by atoms with E-state index in [4.69, 9.17) is 11.6 Å². The molecule has 6 nitrogen and oxygen atoms in total. The van der Waals surface area contributed by atoms with Crippen molar-refractivity contribution in [2.45, 2.75) is 25.9 Å². The Bertz CT molecular complexity index is 1130. The van der Waals surface area contributed by atoms with Crippen molar-refractivity contribution >= 4 is 17.5 Å². The molecular formula is C23H22ClN3O3. The molecule has 0 radical (unpaired) electrons. The summed E-state index contributed by atoms with van der Waals surface area (Å²) in [6.45, 7) is 4.10. The number of pyridine rings is 1. The van der Waals surface area contributed by atoms with Crippen LogP contribution in [0.3, 0.4) is 0 Å². The molecule has 1 unspecified atom stereocenters. The second kappa shape index (κ2) is 7.88. The smallest absolute Gasteiger partial charge is 0.278 e. The van der Waals surface area contributed by atoms with Gasteiger partial charge in [-0.05, 0) is 37.1 Å². The van der Waals surface area contributed by atoms with E-state index in [1.165, 1.54) is 6.07 Å². The number of hydrogen-bond acceptors (Lipinski definition) is 4. The predicted molar refractivity (Wildman–Crippen MR) is 116 cm³/mol. The number of aromatic hydroxyl groups is 1. The summed E-state index contributed by atoms with van der Waals surface area (Å²) in [5, 5.41) is 13.1. The number of halogens is 1. The fourth-order valence-electron chi connectivity index (χ4n) is 3.78. The van der Waals surface area contributed by atoms with Crippen LogP contribution >= 0.6 is 11.6 Å². The number of hydrogen-bond donors (Lipinski definition) is 1. The lowest BCUT2D eigenvalue weighted by Gasteiger charge is -2.45. The topological polar surface area (TPSA) is 65.8 Å². The van der Waals surface area contributed by atoms with Gasteiger partial charge in [-0.25, -0.2) is 0 Å². The summed E-state index contributed by atoms with van der Waals surface area (Å²) >= 11 is 6.11. The highest BCUT2D eigenvalue weighted by Gasteiger charge is 2.37. The lowest BCUT2D eigenvalue weighted by molar-refractivity contribution is 0.0621. The Balaban J connectivity index is 1.95. The van der Waals surface area contributed by atoms with Crippen LogP contribution in [-0.4, -0.2) is 33.3 Å². The first-order valence-corrected chi connectivity index (χ1v) is 10.1. The predicted octanol–water partition coefficient (Wildman–Crippen LogP) is 3.76. The van der Waals surface area contributed by atoms with Crippen LogP contribution in [-0.2, 0) is 0 Å². The average molecular weight is 424 g/mol. The highest BCUT2D eigenvalue weighted by molar-refractivity contribution is 6.30. The van der Waals surface area contributed by atoms with Crippen molar-refractivity contribution in [3.8, 4) is 5.75 Å². The number of aromatic nitrogens is 1. The normalized spacial score (nSPS) is 14.7. The number of amides is 1. The lowest BCUT2D eigenvalue weighted by atomic mass is 9.98. The highest BCUT2D eigenvalue weighted by Crippen LogP contribution is 2.33. The van der Waals surface area contributed by atoms with Crippen molar-refractivity contribution in [2.24, 2.45) is 0 Å². The molecule has 0 bridgehead atoms. The Kier molecular flexibility index (Phi) is 5.26. The fourth-order valence-corrected chi connectivity index (χ4v) is 3.90. The Morgan fingerprint density at radius 3 is 2.20 bits per heavy atom. The van der Waals surface area contributed by atoms with Gasteiger partial charge in [0.05, 0.1) is 6.04 Å². The van der Waals surface area contributed by atoms with Gasteiger partial charge in [0, 0.05) is 23.3 Å². The van der Waals surface area contributed by atoms with Gasteiger partial charge in [-0.2, -0.15) is 0 Å². The van der Waals surface area contributed by atoms with Crippen molar-refractivity contribution in [1.29, 1.82) is 0 Å². The summed E-state index contributed by atoms with van der Waals surface area (Å²) in [4.78, 5) is 26.8. The summed E-state index contributed by atoms with van der Waals surface area (Å²) in [6, 6.07) is 18.3. The molecule has 0 spiro atoms. The van der Waals surface area contributed by atoms with Gasteiger partial charge < -0.3 is 10.0 Å². The van der Waals surface area contributed by atoms with E-state index in [0.717, 1.165) is 11.1 Å². The summed E-state index contributed by atoms with van der Waals surface area (Å²) < 4.78 is 1.59. The van der Waals surface area contributed by atoms with Gasteiger partial charge in [0.1, 0.15) is 6.67 Å². The first-order chi connectivity index (χ1) is 14.4. The number of rotatable bonds is 4. The number of carbonyl (C=O) groups is 1. The zero-order valence-electron chi connectivity index (χ0n) is 16.7. The lowest BCUT2D eigenvalue weighted by Crippen LogP contribution is -2.57. The van der Waals surface area contributed by atoms with Gasteiger partial charge >= 0.3 is 0 Å². The average Bonchev–Trinajstić information content (AvgIpc) is 2.74. The molecule has 1 aromatic heterocycles. The number of fused-ring (bicyclic) bond motifs is 1. The van der Waals surface area contributed by atoms with Gasteiger partial charge in [-0.1, -0.05) is 54.1 Å². The summed E-state index contributed by atoms with van der Waals surface area (Å²) in [5.41, 5.74) is 1.36. The van der Waals surface area contributed by atoms with Gasteiger partial charge in [0.2, 0.25) is 5.43 Å². The first-order valence-electron chi connectivity index (χ1n) is 9.71. The minimum atomic E-state index is -0.581. The summed E-state index contributed by atoms with van der Waals surface area (Å²) in [7, 11) is 0. The molecule has 4 rings (SSSR count).